The van der Waals surface area contributed by atoms with Gasteiger partial charge in [-0.05, 0) is 18.3 Å². The van der Waals surface area contributed by atoms with Gasteiger partial charge in [0.15, 0.2) is 10.6 Å². The van der Waals surface area contributed by atoms with Crippen molar-refractivity contribution >= 4 is 39.2 Å². The minimum atomic E-state index is -0.653. The second-order valence-electron chi connectivity index (χ2n) is 3.32. The molecule has 2 rings (SSSR count). The molecule has 1 heterocycles. The van der Waals surface area contributed by atoms with Crippen molar-refractivity contribution in [3.8, 4) is 0 Å². The molecule has 84 valence electrons. The molecular weight excluding hydrogens is 298 g/mol. The van der Waals surface area contributed by atoms with Gasteiger partial charge in [-0.3, -0.25) is 0 Å². The first-order valence-corrected chi connectivity index (χ1v) is 5.60. The normalized spacial score (nSPS) is 10.9. The Labute approximate surface area is 104 Å². The average Bonchev–Trinajstić information content (AvgIpc) is 2.45. The van der Waals surface area contributed by atoms with E-state index in [1.807, 2.05) is 0 Å². The van der Waals surface area contributed by atoms with Crippen molar-refractivity contribution in [2.75, 3.05) is 0 Å². The standard InChI is InChI=1S/C10H7BrF2N2S/c1-5(11)4-15-8-3-6(12)2-7(13)9(8)14-10(15)16/h2-3H,1,4H2,(H,14,16). The third-order valence-corrected chi connectivity index (χ3v) is 2.70. The molecule has 16 heavy (non-hydrogen) atoms. The van der Waals surface area contributed by atoms with Gasteiger partial charge < -0.3 is 9.55 Å². The maximum Gasteiger partial charge on any atom is 0.178 e. The molecule has 0 saturated carbocycles. The maximum absolute atomic E-state index is 13.4. The summed E-state index contributed by atoms with van der Waals surface area (Å²) < 4.78 is 29.1. The highest BCUT2D eigenvalue weighted by atomic mass is 79.9. The topological polar surface area (TPSA) is 20.7 Å². The molecule has 1 aromatic heterocycles. The first kappa shape index (κ1) is 11.5. The van der Waals surface area contributed by atoms with Gasteiger partial charge in [0.05, 0.1) is 12.1 Å². The van der Waals surface area contributed by atoms with Crippen LogP contribution in [0.5, 0.6) is 0 Å². The monoisotopic (exact) mass is 304 g/mol. The molecule has 2 nitrogen and oxygen atoms in total. The molecule has 0 unspecified atom stereocenters. The van der Waals surface area contributed by atoms with Gasteiger partial charge in [0.25, 0.3) is 0 Å². The molecule has 0 spiro atoms. The number of H-pyrrole nitrogens is 1. The third-order valence-electron chi connectivity index (χ3n) is 2.13. The van der Waals surface area contributed by atoms with Gasteiger partial charge in [0, 0.05) is 10.5 Å². The lowest BCUT2D eigenvalue weighted by Crippen LogP contribution is -1.97. The Morgan fingerprint density at radius 1 is 1.50 bits per heavy atom. The number of aromatic nitrogens is 2. The molecule has 0 bridgehead atoms. The number of nitrogens with one attached hydrogen (secondary N) is 1. The maximum atomic E-state index is 13.4. The number of halogens is 3. The summed E-state index contributed by atoms with van der Waals surface area (Å²) in [4.78, 5) is 2.70. The Balaban J connectivity index is 2.78. The molecule has 0 aliphatic heterocycles. The highest BCUT2D eigenvalue weighted by molar-refractivity contribution is 9.11. The van der Waals surface area contributed by atoms with E-state index < -0.39 is 11.6 Å². The van der Waals surface area contributed by atoms with Gasteiger partial charge in [0.2, 0.25) is 0 Å². The zero-order valence-corrected chi connectivity index (χ0v) is 10.5. The number of hydrogen-bond acceptors (Lipinski definition) is 1. The van der Waals surface area contributed by atoms with E-state index >= 15 is 0 Å². The summed E-state index contributed by atoms with van der Waals surface area (Å²) in [5, 5.41) is 0. The second-order valence-corrected chi connectivity index (χ2v) is 4.82. The van der Waals surface area contributed by atoms with Gasteiger partial charge in [-0.2, -0.15) is 0 Å². The zero-order valence-electron chi connectivity index (χ0n) is 8.06. The highest BCUT2D eigenvalue weighted by Gasteiger charge is 2.10. The van der Waals surface area contributed by atoms with E-state index in [1.165, 1.54) is 6.07 Å². The predicted molar refractivity (Wildman–Crippen MR) is 65.1 cm³/mol. The number of hydrogen-bond donors (Lipinski definition) is 1. The van der Waals surface area contributed by atoms with Crippen LogP contribution in [0.3, 0.4) is 0 Å². The lowest BCUT2D eigenvalue weighted by Gasteiger charge is -2.02. The summed E-state index contributed by atoms with van der Waals surface area (Å²) in [6, 6.07) is 2.06. The zero-order chi connectivity index (χ0) is 11.9. The summed E-state index contributed by atoms with van der Waals surface area (Å²) in [6.45, 7) is 4.03. The van der Waals surface area contributed by atoms with Gasteiger partial charge in [-0.25, -0.2) is 8.78 Å². The van der Waals surface area contributed by atoms with Gasteiger partial charge in [0.1, 0.15) is 11.3 Å². The molecule has 1 N–H and O–H groups in total. The average molecular weight is 305 g/mol. The fourth-order valence-electron chi connectivity index (χ4n) is 1.51. The Bertz CT molecular complexity index is 630. The van der Waals surface area contributed by atoms with Crippen LogP contribution >= 0.6 is 28.1 Å². The molecule has 0 atom stereocenters. The molecule has 6 heteroatoms. The molecule has 0 amide bonds. The van der Waals surface area contributed by atoms with Gasteiger partial charge in [-0.1, -0.05) is 22.5 Å². The smallest absolute Gasteiger partial charge is 0.178 e. The number of aromatic amines is 1. The van der Waals surface area contributed by atoms with Crippen molar-refractivity contribution in [3.05, 3.63) is 39.6 Å². The minimum Gasteiger partial charge on any atom is -0.328 e. The van der Waals surface area contributed by atoms with Crippen LogP contribution < -0.4 is 0 Å². The van der Waals surface area contributed by atoms with E-state index in [0.717, 1.165) is 6.07 Å². The summed E-state index contributed by atoms with van der Waals surface area (Å²) in [5.41, 5.74) is 0.600. The van der Waals surface area contributed by atoms with Crippen LogP contribution in [-0.4, -0.2) is 9.55 Å². The molecule has 1 aromatic carbocycles. The third kappa shape index (κ3) is 1.94. The van der Waals surface area contributed by atoms with E-state index in [-0.39, 0.29) is 5.52 Å². The Morgan fingerprint density at radius 2 is 2.19 bits per heavy atom. The van der Waals surface area contributed by atoms with Gasteiger partial charge in [-0.15, -0.1) is 0 Å². The number of imidazole rings is 1. The summed E-state index contributed by atoms with van der Waals surface area (Å²) >= 11 is 8.22. The summed E-state index contributed by atoms with van der Waals surface area (Å²) in [5.74, 6) is -1.28. The van der Waals surface area contributed by atoms with E-state index in [4.69, 9.17) is 12.2 Å². The van der Waals surface area contributed by atoms with Crippen LogP contribution in [-0.2, 0) is 6.54 Å². The van der Waals surface area contributed by atoms with Crippen LogP contribution in [0.2, 0.25) is 0 Å². The number of fused-ring (bicyclic) bond motifs is 1. The number of rotatable bonds is 2. The lowest BCUT2D eigenvalue weighted by molar-refractivity contribution is 0.590. The van der Waals surface area contributed by atoms with Crippen LogP contribution in [0.1, 0.15) is 0 Å². The van der Waals surface area contributed by atoms with Crippen molar-refractivity contribution in [3.63, 3.8) is 0 Å². The molecule has 0 saturated heterocycles. The van der Waals surface area contributed by atoms with Crippen LogP contribution in [0.15, 0.2) is 23.2 Å². The van der Waals surface area contributed by atoms with Crippen LogP contribution in [0, 0.1) is 16.4 Å². The van der Waals surface area contributed by atoms with E-state index in [9.17, 15) is 8.78 Å². The number of benzene rings is 1. The first-order chi connectivity index (χ1) is 7.49. The largest absolute Gasteiger partial charge is 0.328 e. The van der Waals surface area contributed by atoms with E-state index in [2.05, 4.69) is 27.5 Å². The fourth-order valence-corrected chi connectivity index (χ4v) is 2.02. The molecule has 0 fully saturated rings. The number of nitrogens with zero attached hydrogens (tertiary/aromatic N) is 1. The SMILES string of the molecule is C=C(Br)Cn1c(=S)[nH]c2c(F)cc(F)cc21. The van der Waals surface area contributed by atoms with Crippen molar-refractivity contribution in [1.29, 1.82) is 0 Å². The quantitative estimate of drug-likeness (QED) is 0.835. The lowest BCUT2D eigenvalue weighted by atomic mass is 10.3. The summed E-state index contributed by atoms with van der Waals surface area (Å²) in [6.07, 6.45) is 0. The van der Waals surface area contributed by atoms with Crippen molar-refractivity contribution < 1.29 is 8.78 Å². The Hall–Kier alpha value is -1.01. The number of allylic oxidation sites excluding steroid dienone is 1. The second kappa shape index (κ2) is 4.10. The van der Waals surface area contributed by atoms with Crippen molar-refractivity contribution in [1.82, 2.24) is 9.55 Å². The molecule has 0 aliphatic carbocycles. The molecule has 2 aromatic rings. The highest BCUT2D eigenvalue weighted by Crippen LogP contribution is 2.21. The van der Waals surface area contributed by atoms with Crippen molar-refractivity contribution in [2.24, 2.45) is 0 Å². The van der Waals surface area contributed by atoms with E-state index in [0.29, 0.717) is 21.3 Å². The van der Waals surface area contributed by atoms with Crippen molar-refractivity contribution in [2.45, 2.75) is 6.54 Å². The Kier molecular flexibility index (Phi) is 2.94. The minimum absolute atomic E-state index is 0.208. The summed E-state index contributed by atoms with van der Waals surface area (Å²) in [7, 11) is 0. The van der Waals surface area contributed by atoms with Crippen LogP contribution in [0.25, 0.3) is 11.0 Å². The molecule has 0 radical (unpaired) electrons. The molecule has 0 aliphatic rings. The van der Waals surface area contributed by atoms with Gasteiger partial charge >= 0.3 is 0 Å². The fraction of sp³-hybridized carbons (Fsp3) is 0.100. The Morgan fingerprint density at radius 3 is 2.81 bits per heavy atom. The van der Waals surface area contributed by atoms with Crippen LogP contribution in [0.4, 0.5) is 8.78 Å². The molecular formula is C10H7BrF2N2S. The van der Waals surface area contributed by atoms with E-state index in [1.54, 1.807) is 4.57 Å². The predicted octanol–water partition coefficient (Wildman–Crippen LogP) is 3.89. The first-order valence-electron chi connectivity index (χ1n) is 4.40.